The smallest absolute Gasteiger partial charge is 0.276 e. The predicted molar refractivity (Wildman–Crippen MR) is 102 cm³/mol. The van der Waals surface area contributed by atoms with Crippen LogP contribution < -0.4 is 15.6 Å². The minimum Gasteiger partial charge on any atom is -0.483 e. The summed E-state index contributed by atoms with van der Waals surface area (Å²) in [6, 6.07) is 14.9. The van der Waals surface area contributed by atoms with Crippen molar-refractivity contribution < 1.29 is 14.3 Å². The van der Waals surface area contributed by atoms with E-state index in [1.807, 2.05) is 43.3 Å². The van der Waals surface area contributed by atoms with Crippen LogP contribution >= 0.6 is 0 Å². The third-order valence-electron chi connectivity index (χ3n) is 3.99. The van der Waals surface area contributed by atoms with Crippen LogP contribution in [0.5, 0.6) is 5.75 Å². The molecule has 0 aliphatic carbocycles. The summed E-state index contributed by atoms with van der Waals surface area (Å²) in [6.07, 6.45) is 0.909. The fourth-order valence-corrected chi connectivity index (χ4v) is 2.48. The molecule has 0 spiro atoms. The third kappa shape index (κ3) is 5.34. The molecule has 0 saturated carbocycles. The second-order valence-electron chi connectivity index (χ2n) is 7.09. The van der Waals surface area contributed by atoms with Crippen molar-refractivity contribution in [1.29, 1.82) is 0 Å². The molecule has 5 heteroatoms. The SMILES string of the molecule is CCc1ccc(C(=O)NNC(=O)COc2ccccc2C(C)(C)C)cc1. The van der Waals surface area contributed by atoms with Crippen molar-refractivity contribution in [2.45, 2.75) is 39.5 Å². The Labute approximate surface area is 154 Å². The van der Waals surface area contributed by atoms with Gasteiger partial charge < -0.3 is 4.74 Å². The van der Waals surface area contributed by atoms with Gasteiger partial charge in [-0.15, -0.1) is 0 Å². The average molecular weight is 354 g/mol. The van der Waals surface area contributed by atoms with Gasteiger partial charge in [0, 0.05) is 5.56 Å². The minimum atomic E-state index is -0.424. The number of aryl methyl sites for hydroxylation is 1. The summed E-state index contributed by atoms with van der Waals surface area (Å²) in [6.45, 7) is 8.12. The number of hydrogen-bond acceptors (Lipinski definition) is 3. The molecule has 0 saturated heterocycles. The number of amides is 2. The Morgan fingerprint density at radius 2 is 1.62 bits per heavy atom. The first-order chi connectivity index (χ1) is 12.3. The molecule has 2 amide bonds. The lowest BCUT2D eigenvalue weighted by Crippen LogP contribution is -2.43. The zero-order chi connectivity index (χ0) is 19.2. The highest BCUT2D eigenvalue weighted by atomic mass is 16.5. The summed E-state index contributed by atoms with van der Waals surface area (Å²) < 4.78 is 5.63. The van der Waals surface area contributed by atoms with Gasteiger partial charge in [0.15, 0.2) is 6.61 Å². The van der Waals surface area contributed by atoms with Gasteiger partial charge in [-0.1, -0.05) is 58.0 Å². The Morgan fingerprint density at radius 3 is 2.23 bits per heavy atom. The fraction of sp³-hybridized carbons (Fsp3) is 0.333. The molecule has 2 aromatic carbocycles. The number of hydrogen-bond donors (Lipinski definition) is 2. The summed E-state index contributed by atoms with van der Waals surface area (Å²) in [4.78, 5) is 24.0. The molecule has 26 heavy (non-hydrogen) atoms. The van der Waals surface area contributed by atoms with Gasteiger partial charge >= 0.3 is 0 Å². The van der Waals surface area contributed by atoms with Gasteiger partial charge in [-0.25, -0.2) is 0 Å². The molecule has 0 unspecified atom stereocenters. The quantitative estimate of drug-likeness (QED) is 0.809. The maximum atomic E-state index is 12.0. The first kappa shape index (κ1) is 19.5. The molecular formula is C21H26N2O3. The van der Waals surface area contributed by atoms with E-state index in [-0.39, 0.29) is 17.9 Å². The lowest BCUT2D eigenvalue weighted by molar-refractivity contribution is -0.123. The van der Waals surface area contributed by atoms with Crippen LogP contribution in [0.25, 0.3) is 0 Å². The molecule has 0 bridgehead atoms. The van der Waals surface area contributed by atoms with Crippen LogP contribution in [-0.4, -0.2) is 18.4 Å². The summed E-state index contributed by atoms with van der Waals surface area (Å²) >= 11 is 0. The molecule has 0 heterocycles. The van der Waals surface area contributed by atoms with Crippen molar-refractivity contribution in [3.63, 3.8) is 0 Å². The molecular weight excluding hydrogens is 328 g/mol. The molecule has 0 radical (unpaired) electrons. The summed E-state index contributed by atoms with van der Waals surface area (Å²) in [5.74, 6) is -0.125. The van der Waals surface area contributed by atoms with E-state index in [1.54, 1.807) is 12.1 Å². The molecule has 2 aromatic rings. The normalized spacial score (nSPS) is 10.9. The molecule has 5 nitrogen and oxygen atoms in total. The zero-order valence-corrected chi connectivity index (χ0v) is 15.8. The number of ether oxygens (including phenoxy) is 1. The highest BCUT2D eigenvalue weighted by molar-refractivity contribution is 5.95. The fourth-order valence-electron chi connectivity index (χ4n) is 2.48. The van der Waals surface area contributed by atoms with E-state index in [1.165, 1.54) is 0 Å². The Hall–Kier alpha value is -2.82. The van der Waals surface area contributed by atoms with E-state index in [9.17, 15) is 9.59 Å². The van der Waals surface area contributed by atoms with Crippen LogP contribution in [-0.2, 0) is 16.6 Å². The van der Waals surface area contributed by atoms with E-state index in [0.717, 1.165) is 17.5 Å². The highest BCUT2D eigenvalue weighted by Gasteiger charge is 2.19. The number of carbonyl (C=O) groups is 2. The summed E-state index contributed by atoms with van der Waals surface area (Å²) in [7, 11) is 0. The van der Waals surface area contributed by atoms with Gasteiger partial charge in [0.1, 0.15) is 5.75 Å². The topological polar surface area (TPSA) is 67.4 Å². The number of rotatable bonds is 5. The predicted octanol–water partition coefficient (Wildman–Crippen LogP) is 3.39. The summed E-state index contributed by atoms with van der Waals surface area (Å²) in [5, 5.41) is 0. The van der Waals surface area contributed by atoms with Crippen LogP contribution in [0.1, 0.15) is 49.2 Å². The van der Waals surface area contributed by atoms with E-state index in [2.05, 4.69) is 31.6 Å². The lowest BCUT2D eigenvalue weighted by atomic mass is 9.86. The van der Waals surface area contributed by atoms with Crippen LogP contribution in [0, 0.1) is 0 Å². The highest BCUT2D eigenvalue weighted by Crippen LogP contribution is 2.30. The Balaban J connectivity index is 1.87. The zero-order valence-electron chi connectivity index (χ0n) is 15.8. The van der Waals surface area contributed by atoms with Gasteiger partial charge in [0.2, 0.25) is 0 Å². The van der Waals surface area contributed by atoms with Crippen LogP contribution in [0.2, 0.25) is 0 Å². The molecule has 0 aliphatic heterocycles. The summed E-state index contributed by atoms with van der Waals surface area (Å²) in [5.41, 5.74) is 7.34. The first-order valence-electron chi connectivity index (χ1n) is 8.71. The second-order valence-corrected chi connectivity index (χ2v) is 7.09. The number of carbonyl (C=O) groups excluding carboxylic acids is 2. The van der Waals surface area contributed by atoms with Crippen LogP contribution in [0.15, 0.2) is 48.5 Å². The van der Waals surface area contributed by atoms with E-state index >= 15 is 0 Å². The monoisotopic (exact) mass is 354 g/mol. The van der Waals surface area contributed by atoms with Gasteiger partial charge in [-0.2, -0.15) is 0 Å². The van der Waals surface area contributed by atoms with Crippen molar-refractivity contribution in [3.05, 3.63) is 65.2 Å². The average Bonchev–Trinajstić information content (AvgIpc) is 2.64. The molecule has 0 aliphatic rings. The van der Waals surface area contributed by atoms with Crippen molar-refractivity contribution in [2.24, 2.45) is 0 Å². The van der Waals surface area contributed by atoms with Crippen LogP contribution in [0.4, 0.5) is 0 Å². The Kier molecular flexibility index (Phi) is 6.39. The Morgan fingerprint density at radius 1 is 0.962 bits per heavy atom. The second kappa shape index (κ2) is 8.52. The van der Waals surface area contributed by atoms with Crippen LogP contribution in [0.3, 0.4) is 0 Å². The van der Waals surface area contributed by atoms with E-state index < -0.39 is 5.91 Å². The van der Waals surface area contributed by atoms with Gasteiger partial charge in [0.05, 0.1) is 0 Å². The molecule has 0 atom stereocenters. The van der Waals surface area contributed by atoms with Gasteiger partial charge in [-0.3, -0.25) is 20.4 Å². The number of nitrogens with one attached hydrogen (secondary N) is 2. The van der Waals surface area contributed by atoms with E-state index in [0.29, 0.717) is 11.3 Å². The molecule has 2 rings (SSSR count). The first-order valence-corrected chi connectivity index (χ1v) is 8.71. The molecule has 0 aromatic heterocycles. The number of hydrazine groups is 1. The number of para-hydroxylation sites is 1. The number of benzene rings is 2. The maximum Gasteiger partial charge on any atom is 0.276 e. The molecule has 0 fully saturated rings. The van der Waals surface area contributed by atoms with Crippen molar-refractivity contribution in [2.75, 3.05) is 6.61 Å². The third-order valence-corrected chi connectivity index (χ3v) is 3.99. The molecule has 2 N–H and O–H groups in total. The minimum absolute atomic E-state index is 0.0913. The van der Waals surface area contributed by atoms with E-state index in [4.69, 9.17) is 4.74 Å². The van der Waals surface area contributed by atoms with Crippen molar-refractivity contribution in [1.82, 2.24) is 10.9 Å². The van der Waals surface area contributed by atoms with Gasteiger partial charge in [-0.05, 0) is 41.2 Å². The Bertz CT molecular complexity index is 762. The largest absolute Gasteiger partial charge is 0.483 e. The lowest BCUT2D eigenvalue weighted by Gasteiger charge is -2.22. The molecule has 138 valence electrons. The maximum absolute atomic E-state index is 12.0. The standard InChI is InChI=1S/C21H26N2O3/c1-5-15-10-12-16(13-11-15)20(25)23-22-19(24)14-26-18-9-7-6-8-17(18)21(2,3)4/h6-13H,5,14H2,1-4H3,(H,22,24)(H,23,25). The van der Waals surface area contributed by atoms with Gasteiger partial charge in [0.25, 0.3) is 11.8 Å². The van der Waals surface area contributed by atoms with Crippen molar-refractivity contribution in [3.8, 4) is 5.75 Å². The van der Waals surface area contributed by atoms with Crippen molar-refractivity contribution >= 4 is 11.8 Å².